The third-order valence-corrected chi connectivity index (χ3v) is 4.02. The largest absolute Gasteiger partial charge is 0.299 e. The summed E-state index contributed by atoms with van der Waals surface area (Å²) in [6.07, 6.45) is 7.76. The lowest BCUT2D eigenvalue weighted by Gasteiger charge is -2.26. The van der Waals surface area contributed by atoms with E-state index in [0.29, 0.717) is 12.2 Å². The van der Waals surface area contributed by atoms with E-state index in [-0.39, 0.29) is 5.92 Å². The minimum absolute atomic E-state index is 0.259. The van der Waals surface area contributed by atoms with Crippen LogP contribution in [-0.4, -0.2) is 20.5 Å². The number of hydrogen-bond donors (Lipinski definition) is 0. The number of aromatic nitrogens is 3. The highest BCUT2D eigenvalue weighted by Crippen LogP contribution is 2.31. The molecule has 0 radical (unpaired) electrons. The van der Waals surface area contributed by atoms with Crippen molar-refractivity contribution in [3.05, 3.63) is 12.2 Å². The highest BCUT2D eigenvalue weighted by molar-refractivity contribution is 5.82. The first-order chi connectivity index (χ1) is 8.20. The van der Waals surface area contributed by atoms with E-state index in [9.17, 15) is 4.79 Å². The third-order valence-electron chi connectivity index (χ3n) is 4.02. The van der Waals surface area contributed by atoms with E-state index in [1.54, 1.807) is 4.68 Å². The van der Waals surface area contributed by atoms with Crippen LogP contribution in [0.5, 0.6) is 0 Å². The molecule has 1 aromatic rings. The zero-order chi connectivity index (χ0) is 12.3. The number of carbonyl (C=O) groups excluding carboxylic acids is 1. The second kappa shape index (κ2) is 5.43. The first-order valence-electron chi connectivity index (χ1n) is 6.56. The van der Waals surface area contributed by atoms with Crippen LogP contribution in [0.4, 0.5) is 0 Å². The van der Waals surface area contributed by atoms with Gasteiger partial charge >= 0.3 is 0 Å². The van der Waals surface area contributed by atoms with E-state index < -0.39 is 0 Å². The Bertz CT molecular complexity index is 378. The molecule has 1 fully saturated rings. The molecule has 0 aliphatic heterocycles. The summed E-state index contributed by atoms with van der Waals surface area (Å²) in [4.78, 5) is 16.2. The molecule has 0 bridgehead atoms. The van der Waals surface area contributed by atoms with Crippen LogP contribution in [-0.2, 0) is 18.3 Å². The Hall–Kier alpha value is -1.19. The topological polar surface area (TPSA) is 47.8 Å². The lowest BCUT2D eigenvalue weighted by atomic mass is 9.78. The van der Waals surface area contributed by atoms with E-state index >= 15 is 0 Å². The fourth-order valence-corrected chi connectivity index (χ4v) is 2.67. The molecular weight excluding hydrogens is 214 g/mol. The van der Waals surface area contributed by atoms with Gasteiger partial charge in [0, 0.05) is 13.0 Å². The number of Topliss-reactive ketones (excluding diaryl/α,β-unsaturated/α-hetero) is 1. The van der Waals surface area contributed by atoms with Crippen molar-refractivity contribution in [1.82, 2.24) is 14.8 Å². The van der Waals surface area contributed by atoms with Crippen LogP contribution >= 0.6 is 0 Å². The van der Waals surface area contributed by atoms with Gasteiger partial charge in [-0.1, -0.05) is 13.3 Å². The van der Waals surface area contributed by atoms with Crippen molar-refractivity contribution < 1.29 is 4.79 Å². The molecule has 2 rings (SSSR count). The van der Waals surface area contributed by atoms with Gasteiger partial charge in [-0.15, -0.1) is 0 Å². The van der Waals surface area contributed by atoms with Crippen molar-refractivity contribution in [3.63, 3.8) is 0 Å². The standard InChI is InChI=1S/C13H21N3O/c1-3-10-4-6-11(7-5-10)12(17)8-13-14-9-15-16(13)2/h9-11H,3-8H2,1-2H3. The van der Waals surface area contributed by atoms with Gasteiger partial charge in [0.05, 0.1) is 6.42 Å². The second-order valence-corrected chi connectivity index (χ2v) is 5.07. The average Bonchev–Trinajstić information content (AvgIpc) is 2.75. The highest BCUT2D eigenvalue weighted by Gasteiger charge is 2.26. The average molecular weight is 235 g/mol. The SMILES string of the molecule is CCC1CCC(C(=O)Cc2ncnn2C)CC1. The number of hydrogen-bond acceptors (Lipinski definition) is 3. The van der Waals surface area contributed by atoms with Gasteiger partial charge in [-0.05, 0) is 31.6 Å². The van der Waals surface area contributed by atoms with Crippen molar-refractivity contribution in [2.75, 3.05) is 0 Å². The first-order valence-corrected chi connectivity index (χ1v) is 6.56. The minimum atomic E-state index is 0.259. The Balaban J connectivity index is 1.87. The number of aryl methyl sites for hydroxylation is 1. The van der Waals surface area contributed by atoms with Gasteiger partial charge in [-0.25, -0.2) is 4.98 Å². The maximum Gasteiger partial charge on any atom is 0.143 e. The molecule has 4 nitrogen and oxygen atoms in total. The van der Waals surface area contributed by atoms with Crippen LogP contribution in [0.2, 0.25) is 0 Å². The van der Waals surface area contributed by atoms with Crippen LogP contribution in [0.15, 0.2) is 6.33 Å². The van der Waals surface area contributed by atoms with E-state index in [1.165, 1.54) is 25.6 Å². The van der Waals surface area contributed by atoms with Crippen LogP contribution in [0.3, 0.4) is 0 Å². The zero-order valence-electron chi connectivity index (χ0n) is 10.7. The van der Waals surface area contributed by atoms with Gasteiger partial charge in [-0.3, -0.25) is 9.48 Å². The second-order valence-electron chi connectivity index (χ2n) is 5.07. The highest BCUT2D eigenvalue weighted by atomic mass is 16.1. The molecule has 0 spiro atoms. The molecule has 4 heteroatoms. The van der Waals surface area contributed by atoms with Gasteiger partial charge in [0.15, 0.2) is 0 Å². The lowest BCUT2D eigenvalue weighted by molar-refractivity contribution is -0.123. The molecule has 1 aliphatic carbocycles. The molecule has 1 saturated carbocycles. The number of carbonyl (C=O) groups is 1. The predicted octanol–water partition coefficient (Wildman–Crippen LogP) is 2.14. The quantitative estimate of drug-likeness (QED) is 0.803. The minimum Gasteiger partial charge on any atom is -0.299 e. The molecule has 17 heavy (non-hydrogen) atoms. The molecule has 1 aliphatic rings. The smallest absolute Gasteiger partial charge is 0.143 e. The van der Waals surface area contributed by atoms with Crippen molar-refractivity contribution in [1.29, 1.82) is 0 Å². The Morgan fingerprint density at radius 2 is 2.12 bits per heavy atom. The lowest BCUT2D eigenvalue weighted by Crippen LogP contribution is -2.24. The van der Waals surface area contributed by atoms with Crippen molar-refractivity contribution in [2.24, 2.45) is 18.9 Å². The summed E-state index contributed by atoms with van der Waals surface area (Å²) in [6, 6.07) is 0. The van der Waals surface area contributed by atoms with Crippen molar-refractivity contribution >= 4 is 5.78 Å². The Labute approximate surface area is 102 Å². The molecule has 1 aromatic heterocycles. The third kappa shape index (κ3) is 2.93. The molecule has 0 atom stereocenters. The summed E-state index contributed by atoms with van der Waals surface area (Å²) in [5, 5.41) is 3.99. The first kappa shape index (κ1) is 12.3. The Morgan fingerprint density at radius 1 is 1.41 bits per heavy atom. The van der Waals surface area contributed by atoms with Gasteiger partial charge in [0.2, 0.25) is 0 Å². The van der Waals surface area contributed by atoms with E-state index in [4.69, 9.17) is 0 Å². The van der Waals surface area contributed by atoms with E-state index in [2.05, 4.69) is 17.0 Å². The van der Waals surface area contributed by atoms with Gasteiger partial charge in [0.25, 0.3) is 0 Å². The fraction of sp³-hybridized carbons (Fsp3) is 0.769. The van der Waals surface area contributed by atoms with Crippen LogP contribution < -0.4 is 0 Å². The maximum atomic E-state index is 12.1. The zero-order valence-corrected chi connectivity index (χ0v) is 10.7. The monoisotopic (exact) mass is 235 g/mol. The summed E-state index contributed by atoms with van der Waals surface area (Å²) in [5.74, 6) is 2.23. The maximum absolute atomic E-state index is 12.1. The molecule has 94 valence electrons. The Kier molecular flexibility index (Phi) is 3.92. The summed E-state index contributed by atoms with van der Waals surface area (Å²) in [6.45, 7) is 2.24. The molecule has 0 unspecified atom stereocenters. The fourth-order valence-electron chi connectivity index (χ4n) is 2.67. The number of rotatable bonds is 4. The molecule has 1 heterocycles. The van der Waals surface area contributed by atoms with Gasteiger partial charge < -0.3 is 0 Å². The van der Waals surface area contributed by atoms with Gasteiger partial charge in [0.1, 0.15) is 17.9 Å². The van der Waals surface area contributed by atoms with Gasteiger partial charge in [-0.2, -0.15) is 5.10 Å². The summed E-state index contributed by atoms with van der Waals surface area (Å²) >= 11 is 0. The molecule has 0 saturated heterocycles. The van der Waals surface area contributed by atoms with Crippen LogP contribution in [0.25, 0.3) is 0 Å². The predicted molar refractivity (Wildman–Crippen MR) is 65.5 cm³/mol. The molecule has 0 N–H and O–H groups in total. The Morgan fingerprint density at radius 3 is 2.65 bits per heavy atom. The number of ketones is 1. The number of nitrogens with zero attached hydrogens (tertiary/aromatic N) is 3. The normalized spacial score (nSPS) is 24.8. The summed E-state index contributed by atoms with van der Waals surface area (Å²) in [7, 11) is 1.84. The van der Waals surface area contributed by atoms with E-state index in [0.717, 1.165) is 24.6 Å². The van der Waals surface area contributed by atoms with Crippen molar-refractivity contribution in [2.45, 2.75) is 45.4 Å². The van der Waals surface area contributed by atoms with E-state index in [1.807, 2.05) is 7.05 Å². The molecular formula is C13H21N3O. The summed E-state index contributed by atoms with van der Waals surface area (Å²) < 4.78 is 1.69. The summed E-state index contributed by atoms with van der Waals surface area (Å²) in [5.41, 5.74) is 0. The van der Waals surface area contributed by atoms with Crippen LogP contribution in [0.1, 0.15) is 44.9 Å². The molecule has 0 amide bonds. The van der Waals surface area contributed by atoms with Crippen molar-refractivity contribution in [3.8, 4) is 0 Å². The van der Waals surface area contributed by atoms with Crippen LogP contribution in [0, 0.1) is 11.8 Å². The molecule has 0 aromatic carbocycles.